The molecule has 0 spiro atoms. The van der Waals surface area contributed by atoms with E-state index >= 15 is 0 Å². The van der Waals surface area contributed by atoms with E-state index in [4.69, 9.17) is 22.1 Å². The molecule has 0 atom stereocenters. The van der Waals surface area contributed by atoms with Gasteiger partial charge in [-0.15, -0.1) is 0 Å². The van der Waals surface area contributed by atoms with Crippen molar-refractivity contribution in [3.8, 4) is 5.75 Å². The van der Waals surface area contributed by atoms with Gasteiger partial charge in [0, 0.05) is 17.6 Å². The summed E-state index contributed by atoms with van der Waals surface area (Å²) in [5.74, 6) is 0.995. The molecule has 0 radical (unpaired) electrons. The minimum Gasteiger partial charge on any atom is -0.478 e. The van der Waals surface area contributed by atoms with Gasteiger partial charge >= 0.3 is 0 Å². The Bertz CT molecular complexity index is 543. The van der Waals surface area contributed by atoms with Crippen LogP contribution in [0.25, 0.3) is 0 Å². The molecule has 1 aliphatic rings. The Hall–Kier alpha value is -1.30. The van der Waals surface area contributed by atoms with Crippen LogP contribution >= 0.6 is 11.6 Å². The minimum atomic E-state index is -0.164. The van der Waals surface area contributed by atoms with E-state index in [-0.39, 0.29) is 12.6 Å². The summed E-state index contributed by atoms with van der Waals surface area (Å²) in [7, 11) is 4.30. The number of halogens is 1. The minimum absolute atomic E-state index is 0.0248. The number of nitrogens with zero attached hydrogens (tertiary/aromatic N) is 1. The van der Waals surface area contributed by atoms with Crippen molar-refractivity contribution in [3.63, 3.8) is 0 Å². The van der Waals surface area contributed by atoms with Gasteiger partial charge in [-0.25, -0.2) is 0 Å². The Balaban J connectivity index is 1.81. The van der Waals surface area contributed by atoms with Crippen molar-refractivity contribution in [2.75, 3.05) is 27.4 Å². The highest BCUT2D eigenvalue weighted by Gasteiger charge is 2.22. The van der Waals surface area contributed by atoms with Crippen molar-refractivity contribution in [2.45, 2.75) is 38.1 Å². The zero-order chi connectivity index (χ0) is 17.5. The molecule has 0 unspecified atom stereocenters. The van der Waals surface area contributed by atoms with Crippen LogP contribution < -0.4 is 15.8 Å². The van der Waals surface area contributed by atoms with Crippen LogP contribution in [0.2, 0.25) is 5.02 Å². The maximum atomic E-state index is 12.4. The Labute approximate surface area is 149 Å². The fraction of sp³-hybridized carbons (Fsp3) is 0.611. The number of amides is 1. The lowest BCUT2D eigenvalue weighted by Gasteiger charge is -2.32. The molecule has 1 aromatic carbocycles. The van der Waals surface area contributed by atoms with Crippen LogP contribution in [0.3, 0.4) is 0 Å². The van der Waals surface area contributed by atoms with Gasteiger partial charge in [-0.1, -0.05) is 11.6 Å². The highest BCUT2D eigenvalue weighted by atomic mass is 35.5. The number of rotatable bonds is 7. The molecule has 24 heavy (non-hydrogen) atoms. The van der Waals surface area contributed by atoms with E-state index in [1.54, 1.807) is 18.2 Å². The molecular formula is C18H28ClN3O2. The average molecular weight is 354 g/mol. The quantitative estimate of drug-likeness (QED) is 0.740. The van der Waals surface area contributed by atoms with Gasteiger partial charge in [0.2, 0.25) is 0 Å². The maximum absolute atomic E-state index is 12.4. The average Bonchev–Trinajstić information content (AvgIpc) is 2.57. The molecule has 1 amide bonds. The first-order valence-electron chi connectivity index (χ1n) is 8.58. The summed E-state index contributed by atoms with van der Waals surface area (Å²) >= 11 is 5.99. The van der Waals surface area contributed by atoms with E-state index in [2.05, 4.69) is 24.3 Å². The molecule has 1 aliphatic carbocycles. The summed E-state index contributed by atoms with van der Waals surface area (Å²) in [6.07, 6.45) is 5.97. The van der Waals surface area contributed by atoms with E-state index in [1.807, 2.05) is 0 Å². The predicted molar refractivity (Wildman–Crippen MR) is 97.5 cm³/mol. The van der Waals surface area contributed by atoms with Crippen molar-refractivity contribution in [1.29, 1.82) is 0 Å². The summed E-state index contributed by atoms with van der Waals surface area (Å²) < 4.78 is 5.30. The van der Waals surface area contributed by atoms with Gasteiger partial charge in [-0.05, 0) is 70.3 Å². The lowest BCUT2D eigenvalue weighted by Crippen LogP contribution is -2.33. The first-order valence-corrected chi connectivity index (χ1v) is 8.96. The largest absolute Gasteiger partial charge is 0.478 e. The zero-order valence-electron chi connectivity index (χ0n) is 14.6. The molecule has 0 heterocycles. The van der Waals surface area contributed by atoms with E-state index in [1.165, 1.54) is 25.7 Å². The molecule has 5 nitrogen and oxygen atoms in total. The van der Waals surface area contributed by atoms with E-state index in [0.717, 1.165) is 6.42 Å². The van der Waals surface area contributed by atoms with Crippen LogP contribution in [0.4, 0.5) is 0 Å². The van der Waals surface area contributed by atoms with Crippen molar-refractivity contribution in [3.05, 3.63) is 28.8 Å². The molecular weight excluding hydrogens is 326 g/mol. The molecule has 0 saturated heterocycles. The predicted octanol–water partition coefficient (Wildman–Crippen LogP) is 2.88. The van der Waals surface area contributed by atoms with Crippen molar-refractivity contribution >= 4 is 17.5 Å². The summed E-state index contributed by atoms with van der Waals surface area (Å²) in [5, 5.41) is 3.48. The second-order valence-corrected chi connectivity index (χ2v) is 7.07. The van der Waals surface area contributed by atoms with Crippen LogP contribution in [0.5, 0.6) is 5.75 Å². The highest BCUT2D eigenvalue weighted by Crippen LogP contribution is 2.28. The monoisotopic (exact) mass is 353 g/mol. The van der Waals surface area contributed by atoms with E-state index in [0.29, 0.717) is 34.8 Å². The lowest BCUT2D eigenvalue weighted by atomic mass is 9.84. The number of ether oxygens (including phenoxy) is 1. The van der Waals surface area contributed by atoms with Gasteiger partial charge in [-0.2, -0.15) is 0 Å². The molecule has 0 bridgehead atoms. The van der Waals surface area contributed by atoms with Gasteiger partial charge in [-0.3, -0.25) is 10.5 Å². The first-order chi connectivity index (χ1) is 11.5. The molecule has 1 fully saturated rings. The fourth-order valence-electron chi connectivity index (χ4n) is 3.33. The molecule has 134 valence electrons. The van der Waals surface area contributed by atoms with Crippen LogP contribution in [0.15, 0.2) is 18.2 Å². The third-order valence-corrected chi connectivity index (χ3v) is 5.04. The van der Waals surface area contributed by atoms with Crippen molar-refractivity contribution in [1.82, 2.24) is 10.2 Å². The molecule has 0 aliphatic heterocycles. The first kappa shape index (κ1) is 19.0. The Kier molecular flexibility index (Phi) is 7.34. The second kappa shape index (κ2) is 9.25. The molecule has 1 aromatic rings. The number of hydrogen-bond donors (Lipinski definition) is 2. The third-order valence-electron chi connectivity index (χ3n) is 4.81. The van der Waals surface area contributed by atoms with Crippen LogP contribution in [-0.4, -0.2) is 44.2 Å². The zero-order valence-corrected chi connectivity index (χ0v) is 15.3. The molecule has 2 rings (SSSR count). The maximum Gasteiger partial charge on any atom is 0.255 e. The lowest BCUT2D eigenvalue weighted by molar-refractivity contribution is 0.0945. The number of benzene rings is 1. The molecule has 3 N–H and O–H groups in total. The SMILES string of the molecule is CN(C)C1CCC(CCNC(=O)c2cc(Cl)ccc2OCN)CC1. The summed E-state index contributed by atoms with van der Waals surface area (Å²) in [5.41, 5.74) is 5.84. The van der Waals surface area contributed by atoms with Gasteiger partial charge < -0.3 is 15.0 Å². The van der Waals surface area contributed by atoms with Crippen molar-refractivity contribution < 1.29 is 9.53 Å². The molecule has 0 aromatic heterocycles. The van der Waals surface area contributed by atoms with Gasteiger partial charge in [0.15, 0.2) is 0 Å². The topological polar surface area (TPSA) is 67.6 Å². The normalized spacial score (nSPS) is 20.9. The Morgan fingerprint density at radius 3 is 2.67 bits per heavy atom. The summed E-state index contributed by atoms with van der Waals surface area (Å²) in [6.45, 7) is 0.696. The van der Waals surface area contributed by atoms with E-state index < -0.39 is 0 Å². The Morgan fingerprint density at radius 1 is 1.33 bits per heavy atom. The summed E-state index contributed by atoms with van der Waals surface area (Å²) in [6, 6.07) is 5.68. The third kappa shape index (κ3) is 5.36. The smallest absolute Gasteiger partial charge is 0.255 e. The summed E-state index contributed by atoms with van der Waals surface area (Å²) in [4.78, 5) is 14.7. The van der Waals surface area contributed by atoms with Gasteiger partial charge in [0.1, 0.15) is 12.5 Å². The second-order valence-electron chi connectivity index (χ2n) is 6.63. The number of nitrogens with one attached hydrogen (secondary N) is 1. The fourth-order valence-corrected chi connectivity index (χ4v) is 3.50. The number of hydrogen-bond acceptors (Lipinski definition) is 4. The number of carbonyl (C=O) groups is 1. The number of carbonyl (C=O) groups excluding carboxylic acids is 1. The van der Waals surface area contributed by atoms with Crippen molar-refractivity contribution in [2.24, 2.45) is 11.7 Å². The number of nitrogens with two attached hydrogens (primary N) is 1. The van der Waals surface area contributed by atoms with Gasteiger partial charge in [0.25, 0.3) is 5.91 Å². The Morgan fingerprint density at radius 2 is 2.04 bits per heavy atom. The van der Waals surface area contributed by atoms with Crippen LogP contribution in [0.1, 0.15) is 42.5 Å². The van der Waals surface area contributed by atoms with Crippen LogP contribution in [0, 0.1) is 5.92 Å². The standard InChI is InChI=1S/C18H28ClN3O2/c1-22(2)15-6-3-13(4-7-15)9-10-21-18(23)16-11-14(19)5-8-17(16)24-12-20/h5,8,11,13,15H,3-4,6-7,9-10,12,20H2,1-2H3,(H,21,23). The van der Waals surface area contributed by atoms with Gasteiger partial charge in [0.05, 0.1) is 5.56 Å². The van der Waals surface area contributed by atoms with Crippen LogP contribution in [-0.2, 0) is 0 Å². The molecule has 1 saturated carbocycles. The van der Waals surface area contributed by atoms with E-state index in [9.17, 15) is 4.79 Å². The molecule has 6 heteroatoms. The highest BCUT2D eigenvalue weighted by molar-refractivity contribution is 6.31.